The van der Waals surface area contributed by atoms with E-state index in [1.165, 1.54) is 24.0 Å². The monoisotopic (exact) mass is 262 g/mol. The average Bonchev–Trinajstić information content (AvgIpc) is 2.88. The quantitative estimate of drug-likeness (QED) is 0.679. The Balaban J connectivity index is 2.04. The van der Waals surface area contributed by atoms with Gasteiger partial charge in [0, 0.05) is 5.92 Å². The molecule has 4 nitrogen and oxygen atoms in total. The van der Waals surface area contributed by atoms with Crippen LogP contribution in [0.2, 0.25) is 0 Å². The van der Waals surface area contributed by atoms with E-state index < -0.39 is 10.8 Å². The van der Waals surface area contributed by atoms with Crippen molar-refractivity contribution in [2.24, 2.45) is 28.6 Å². The van der Waals surface area contributed by atoms with Gasteiger partial charge in [0.2, 0.25) is 0 Å². The SMILES string of the molecule is CC1=C(C2CC(C#N)(C#N)C2(C#N)C#N)C2CCCC12. The van der Waals surface area contributed by atoms with E-state index in [1.54, 1.807) is 0 Å². The molecule has 98 valence electrons. The molecular weight excluding hydrogens is 248 g/mol. The predicted molar refractivity (Wildman–Crippen MR) is 69.0 cm³/mol. The van der Waals surface area contributed by atoms with Gasteiger partial charge < -0.3 is 0 Å². The molecule has 0 radical (unpaired) electrons. The van der Waals surface area contributed by atoms with Crippen LogP contribution < -0.4 is 0 Å². The molecule has 20 heavy (non-hydrogen) atoms. The van der Waals surface area contributed by atoms with Crippen molar-refractivity contribution in [2.75, 3.05) is 0 Å². The third kappa shape index (κ3) is 1.09. The molecule has 0 aromatic carbocycles. The van der Waals surface area contributed by atoms with Crippen molar-refractivity contribution in [3.05, 3.63) is 11.1 Å². The number of rotatable bonds is 1. The van der Waals surface area contributed by atoms with Crippen molar-refractivity contribution < 1.29 is 0 Å². The van der Waals surface area contributed by atoms with Crippen molar-refractivity contribution in [1.82, 2.24) is 0 Å². The van der Waals surface area contributed by atoms with Crippen LogP contribution >= 0.6 is 0 Å². The first-order valence-corrected chi connectivity index (χ1v) is 6.96. The summed E-state index contributed by atoms with van der Waals surface area (Å²) < 4.78 is 0. The molecule has 3 aliphatic carbocycles. The summed E-state index contributed by atoms with van der Waals surface area (Å²) in [5.74, 6) is 0.867. The fourth-order valence-corrected chi connectivity index (χ4v) is 4.59. The van der Waals surface area contributed by atoms with E-state index >= 15 is 0 Å². The largest absolute Gasteiger partial charge is 0.196 e. The molecule has 4 heteroatoms. The third-order valence-corrected chi connectivity index (χ3v) is 5.74. The highest BCUT2D eigenvalue weighted by atomic mass is 14.7. The Morgan fingerprint density at radius 3 is 2.10 bits per heavy atom. The Kier molecular flexibility index (Phi) is 2.45. The first-order chi connectivity index (χ1) is 9.60. The van der Waals surface area contributed by atoms with E-state index in [0.29, 0.717) is 18.3 Å². The molecule has 0 N–H and O–H groups in total. The summed E-state index contributed by atoms with van der Waals surface area (Å²) in [6, 6.07) is 7.91. The number of nitrogens with zero attached hydrogens (tertiary/aromatic N) is 4. The molecule has 3 aliphatic rings. The minimum Gasteiger partial charge on any atom is -0.196 e. The van der Waals surface area contributed by atoms with Crippen LogP contribution in [0.3, 0.4) is 0 Å². The number of hydrogen-bond donors (Lipinski definition) is 0. The zero-order chi connectivity index (χ0) is 14.5. The Labute approximate surface area is 118 Å². The van der Waals surface area contributed by atoms with Gasteiger partial charge in [-0.05, 0) is 38.0 Å². The maximum absolute atomic E-state index is 9.50. The molecule has 0 aromatic heterocycles. The van der Waals surface area contributed by atoms with Crippen LogP contribution in [0, 0.1) is 73.9 Å². The maximum Gasteiger partial charge on any atom is 0.181 e. The highest BCUT2D eigenvalue weighted by Crippen LogP contribution is 2.68. The van der Waals surface area contributed by atoms with Crippen LogP contribution in [0.1, 0.15) is 32.6 Å². The average molecular weight is 262 g/mol. The number of allylic oxidation sites excluding steroid dienone is 2. The minimum atomic E-state index is -1.49. The highest BCUT2D eigenvalue weighted by Gasteiger charge is 2.71. The van der Waals surface area contributed by atoms with Gasteiger partial charge in [-0.3, -0.25) is 0 Å². The minimum absolute atomic E-state index is 0.226. The molecule has 3 atom stereocenters. The van der Waals surface area contributed by atoms with Crippen molar-refractivity contribution in [2.45, 2.75) is 32.6 Å². The van der Waals surface area contributed by atoms with Gasteiger partial charge >= 0.3 is 0 Å². The highest BCUT2D eigenvalue weighted by molar-refractivity contribution is 5.50. The van der Waals surface area contributed by atoms with E-state index in [4.69, 9.17) is 0 Å². The van der Waals surface area contributed by atoms with Gasteiger partial charge in [-0.25, -0.2) is 0 Å². The van der Waals surface area contributed by atoms with Gasteiger partial charge in [-0.15, -0.1) is 0 Å². The molecule has 2 fully saturated rings. The topological polar surface area (TPSA) is 95.2 Å². The van der Waals surface area contributed by atoms with Gasteiger partial charge in [-0.1, -0.05) is 17.6 Å². The second kappa shape index (κ2) is 3.85. The lowest BCUT2D eigenvalue weighted by Crippen LogP contribution is -2.58. The first kappa shape index (κ1) is 12.7. The fraction of sp³-hybridized carbons (Fsp3) is 0.625. The van der Waals surface area contributed by atoms with E-state index in [1.807, 2.05) is 24.3 Å². The zero-order valence-corrected chi connectivity index (χ0v) is 11.3. The van der Waals surface area contributed by atoms with Gasteiger partial charge in [0.25, 0.3) is 0 Å². The lowest BCUT2D eigenvalue weighted by Gasteiger charge is -2.54. The second-order valence-electron chi connectivity index (χ2n) is 6.20. The number of hydrogen-bond acceptors (Lipinski definition) is 4. The fourth-order valence-electron chi connectivity index (χ4n) is 4.59. The van der Waals surface area contributed by atoms with Crippen molar-refractivity contribution in [3.63, 3.8) is 0 Å². The van der Waals surface area contributed by atoms with Crippen LogP contribution in [0.25, 0.3) is 0 Å². The summed E-state index contributed by atoms with van der Waals surface area (Å²) in [7, 11) is 0. The molecule has 3 rings (SSSR count). The summed E-state index contributed by atoms with van der Waals surface area (Å²) >= 11 is 0. The summed E-state index contributed by atoms with van der Waals surface area (Å²) in [5, 5.41) is 37.6. The lowest BCUT2D eigenvalue weighted by atomic mass is 9.41. The van der Waals surface area contributed by atoms with Crippen LogP contribution in [0.15, 0.2) is 11.1 Å². The summed E-state index contributed by atoms with van der Waals surface area (Å²) in [5.41, 5.74) is -0.438. The van der Waals surface area contributed by atoms with E-state index in [0.717, 1.165) is 6.42 Å². The van der Waals surface area contributed by atoms with Gasteiger partial charge in [0.1, 0.15) is 0 Å². The smallest absolute Gasteiger partial charge is 0.181 e. The molecule has 0 aromatic rings. The molecule has 0 spiro atoms. The molecule has 0 bridgehead atoms. The maximum atomic E-state index is 9.50. The summed E-state index contributed by atoms with van der Waals surface area (Å²) in [4.78, 5) is 0. The zero-order valence-electron chi connectivity index (χ0n) is 11.3. The van der Waals surface area contributed by atoms with Crippen molar-refractivity contribution in [3.8, 4) is 24.3 Å². The van der Waals surface area contributed by atoms with Crippen LogP contribution in [0.5, 0.6) is 0 Å². The number of fused-ring (bicyclic) bond motifs is 1. The van der Waals surface area contributed by atoms with Crippen LogP contribution in [-0.4, -0.2) is 0 Å². The Bertz CT molecular complexity index is 645. The molecule has 2 saturated carbocycles. The summed E-state index contributed by atoms with van der Waals surface area (Å²) in [6.45, 7) is 2.08. The molecule has 0 saturated heterocycles. The molecule has 0 heterocycles. The normalized spacial score (nSPS) is 35.4. The Morgan fingerprint density at radius 1 is 0.950 bits per heavy atom. The summed E-state index contributed by atoms with van der Waals surface area (Å²) in [6.07, 6.45) is 3.83. The van der Waals surface area contributed by atoms with E-state index in [2.05, 4.69) is 6.92 Å². The number of nitriles is 4. The Hall–Kier alpha value is -2.30. The second-order valence-corrected chi connectivity index (χ2v) is 6.20. The molecular formula is C16H14N4. The van der Waals surface area contributed by atoms with Gasteiger partial charge in [-0.2, -0.15) is 21.0 Å². The van der Waals surface area contributed by atoms with E-state index in [9.17, 15) is 21.0 Å². The lowest BCUT2D eigenvalue weighted by molar-refractivity contribution is 0.0447. The van der Waals surface area contributed by atoms with Gasteiger partial charge in [0.15, 0.2) is 10.8 Å². The predicted octanol–water partition coefficient (Wildman–Crippen LogP) is 2.82. The van der Waals surface area contributed by atoms with Gasteiger partial charge in [0.05, 0.1) is 24.3 Å². The third-order valence-electron chi connectivity index (χ3n) is 5.74. The first-order valence-electron chi connectivity index (χ1n) is 6.96. The van der Waals surface area contributed by atoms with E-state index in [-0.39, 0.29) is 5.92 Å². The van der Waals surface area contributed by atoms with Crippen LogP contribution in [-0.2, 0) is 0 Å². The Morgan fingerprint density at radius 2 is 1.55 bits per heavy atom. The standard InChI is InChI=1S/C16H14N4/c1-10-11-3-2-4-12(11)14(10)13-5-15(6-17,7-18)16(13,8-19)9-20/h11-13H,2-5H2,1H3. The van der Waals surface area contributed by atoms with Crippen molar-refractivity contribution >= 4 is 0 Å². The molecule has 0 amide bonds. The van der Waals surface area contributed by atoms with Crippen LogP contribution in [0.4, 0.5) is 0 Å². The molecule has 0 aliphatic heterocycles. The molecule has 3 unspecified atom stereocenters. The van der Waals surface area contributed by atoms with Crippen molar-refractivity contribution in [1.29, 1.82) is 21.0 Å².